The van der Waals surface area contributed by atoms with Crippen LogP contribution in [0.4, 0.5) is 5.82 Å². The van der Waals surface area contributed by atoms with Gasteiger partial charge in [-0.1, -0.05) is 0 Å². The fourth-order valence-corrected chi connectivity index (χ4v) is 1.22. The molecule has 15 heavy (non-hydrogen) atoms. The molecule has 0 saturated heterocycles. The molecular weight excluding hydrogens is 194 g/mol. The summed E-state index contributed by atoms with van der Waals surface area (Å²) in [5, 5.41) is 11.6. The number of anilines is 1. The van der Waals surface area contributed by atoms with E-state index in [2.05, 4.69) is 15.3 Å². The van der Waals surface area contributed by atoms with Crippen LogP contribution in [-0.2, 0) is 4.79 Å². The second kappa shape index (κ2) is 4.72. The Bertz CT molecular complexity index is 366. The van der Waals surface area contributed by atoms with Crippen molar-refractivity contribution < 1.29 is 9.90 Å². The topological polar surface area (TPSA) is 75.1 Å². The Balaban J connectivity index is 2.71. The summed E-state index contributed by atoms with van der Waals surface area (Å²) in [5.74, 6) is -0.169. The first kappa shape index (κ1) is 11.4. The normalized spacial score (nSPS) is 12.2. The van der Waals surface area contributed by atoms with Gasteiger partial charge in [0.1, 0.15) is 5.82 Å². The quantitative estimate of drug-likeness (QED) is 0.783. The largest absolute Gasteiger partial charge is 0.481 e. The van der Waals surface area contributed by atoms with Gasteiger partial charge >= 0.3 is 5.97 Å². The van der Waals surface area contributed by atoms with Gasteiger partial charge in [-0.25, -0.2) is 4.98 Å². The van der Waals surface area contributed by atoms with Crippen molar-refractivity contribution in [3.05, 3.63) is 17.6 Å². The number of hydrogen-bond donors (Lipinski definition) is 2. The first-order valence-electron chi connectivity index (χ1n) is 4.77. The lowest BCUT2D eigenvalue weighted by Gasteiger charge is -2.13. The molecule has 0 aliphatic rings. The SMILES string of the molecule is Cc1cnc(C)c(NC(C)CC(=O)O)n1. The second-order valence-electron chi connectivity index (χ2n) is 3.59. The van der Waals surface area contributed by atoms with E-state index in [0.29, 0.717) is 5.82 Å². The lowest BCUT2D eigenvalue weighted by molar-refractivity contribution is -0.137. The maximum absolute atomic E-state index is 10.5. The van der Waals surface area contributed by atoms with Gasteiger partial charge in [0.05, 0.1) is 17.8 Å². The summed E-state index contributed by atoms with van der Waals surface area (Å²) < 4.78 is 0. The van der Waals surface area contributed by atoms with E-state index in [1.807, 2.05) is 13.8 Å². The van der Waals surface area contributed by atoms with Crippen LogP contribution in [-0.4, -0.2) is 27.1 Å². The highest BCUT2D eigenvalue weighted by molar-refractivity contribution is 5.68. The van der Waals surface area contributed by atoms with Gasteiger partial charge in [0, 0.05) is 12.2 Å². The molecule has 1 atom stereocenters. The van der Waals surface area contributed by atoms with Crippen LogP contribution < -0.4 is 5.32 Å². The minimum absolute atomic E-state index is 0.0645. The molecule has 0 spiro atoms. The fraction of sp³-hybridized carbons (Fsp3) is 0.500. The molecule has 1 rings (SSSR count). The van der Waals surface area contributed by atoms with Crippen LogP contribution in [0.15, 0.2) is 6.20 Å². The molecule has 0 radical (unpaired) electrons. The van der Waals surface area contributed by atoms with Crippen LogP contribution >= 0.6 is 0 Å². The molecule has 0 saturated carbocycles. The molecule has 0 fully saturated rings. The molecule has 1 aromatic rings. The highest BCUT2D eigenvalue weighted by atomic mass is 16.4. The summed E-state index contributed by atoms with van der Waals surface area (Å²) in [5.41, 5.74) is 1.59. The third-order valence-corrected chi connectivity index (χ3v) is 1.94. The first-order valence-corrected chi connectivity index (χ1v) is 4.77. The molecule has 5 heteroatoms. The van der Waals surface area contributed by atoms with Crippen LogP contribution in [0.2, 0.25) is 0 Å². The molecule has 82 valence electrons. The number of rotatable bonds is 4. The standard InChI is InChI=1S/C10H15N3O2/c1-6(4-9(14)15)12-10-8(3)11-5-7(2)13-10/h5-6H,4H2,1-3H3,(H,12,13)(H,14,15). The minimum atomic E-state index is -0.826. The molecule has 0 aromatic carbocycles. The average Bonchev–Trinajstić information content (AvgIpc) is 2.10. The predicted octanol–water partition coefficient (Wildman–Crippen LogP) is 1.37. The number of carboxylic acids is 1. The van der Waals surface area contributed by atoms with Gasteiger partial charge in [-0.3, -0.25) is 9.78 Å². The van der Waals surface area contributed by atoms with Crippen molar-refractivity contribution in [1.82, 2.24) is 9.97 Å². The van der Waals surface area contributed by atoms with Crippen molar-refractivity contribution in [3.8, 4) is 0 Å². The Labute approximate surface area is 88.6 Å². The number of carboxylic acid groups (broad SMARTS) is 1. The first-order chi connectivity index (χ1) is 6.99. The zero-order valence-corrected chi connectivity index (χ0v) is 9.11. The molecule has 1 aromatic heterocycles. The number of aromatic nitrogens is 2. The zero-order chi connectivity index (χ0) is 11.4. The highest BCUT2D eigenvalue weighted by Crippen LogP contribution is 2.11. The second-order valence-corrected chi connectivity index (χ2v) is 3.59. The zero-order valence-electron chi connectivity index (χ0n) is 9.11. The molecule has 2 N–H and O–H groups in total. The third kappa shape index (κ3) is 3.53. The molecular formula is C10H15N3O2. The van der Waals surface area contributed by atoms with Gasteiger partial charge in [-0.05, 0) is 20.8 Å². The van der Waals surface area contributed by atoms with Gasteiger partial charge in [0.2, 0.25) is 0 Å². The van der Waals surface area contributed by atoms with Crippen LogP contribution in [0, 0.1) is 13.8 Å². The summed E-state index contributed by atoms with van der Waals surface area (Å²) in [7, 11) is 0. The summed E-state index contributed by atoms with van der Waals surface area (Å²) in [6, 6.07) is -0.155. The Morgan fingerprint density at radius 2 is 2.27 bits per heavy atom. The molecule has 1 heterocycles. The van der Waals surface area contributed by atoms with Crippen molar-refractivity contribution in [2.45, 2.75) is 33.2 Å². The van der Waals surface area contributed by atoms with Crippen LogP contribution in [0.1, 0.15) is 24.7 Å². The lowest BCUT2D eigenvalue weighted by atomic mass is 10.2. The molecule has 0 aliphatic carbocycles. The number of aliphatic carboxylic acids is 1. The van der Waals surface area contributed by atoms with Crippen molar-refractivity contribution in [2.75, 3.05) is 5.32 Å². The summed E-state index contributed by atoms with van der Waals surface area (Å²) in [4.78, 5) is 18.9. The molecule has 1 unspecified atom stereocenters. The van der Waals surface area contributed by atoms with Crippen LogP contribution in [0.25, 0.3) is 0 Å². The number of hydrogen-bond acceptors (Lipinski definition) is 4. The molecule has 0 aliphatic heterocycles. The predicted molar refractivity (Wildman–Crippen MR) is 56.8 cm³/mol. The lowest BCUT2D eigenvalue weighted by Crippen LogP contribution is -2.21. The van der Waals surface area contributed by atoms with Crippen molar-refractivity contribution in [1.29, 1.82) is 0 Å². The van der Waals surface area contributed by atoms with Crippen LogP contribution in [0.5, 0.6) is 0 Å². The molecule has 5 nitrogen and oxygen atoms in total. The van der Waals surface area contributed by atoms with E-state index in [9.17, 15) is 4.79 Å². The summed E-state index contributed by atoms with van der Waals surface area (Å²) >= 11 is 0. The maximum atomic E-state index is 10.5. The van der Waals surface area contributed by atoms with Crippen LogP contribution in [0.3, 0.4) is 0 Å². The number of aryl methyl sites for hydroxylation is 2. The van der Waals surface area contributed by atoms with E-state index in [0.717, 1.165) is 11.4 Å². The number of nitrogens with zero attached hydrogens (tertiary/aromatic N) is 2. The third-order valence-electron chi connectivity index (χ3n) is 1.94. The van der Waals surface area contributed by atoms with Crippen molar-refractivity contribution in [3.63, 3.8) is 0 Å². The monoisotopic (exact) mass is 209 g/mol. The highest BCUT2D eigenvalue weighted by Gasteiger charge is 2.09. The average molecular weight is 209 g/mol. The van der Waals surface area contributed by atoms with E-state index in [1.165, 1.54) is 0 Å². The molecule has 0 bridgehead atoms. The van der Waals surface area contributed by atoms with Gasteiger partial charge in [0.25, 0.3) is 0 Å². The Morgan fingerprint density at radius 3 is 2.87 bits per heavy atom. The van der Waals surface area contributed by atoms with E-state index in [4.69, 9.17) is 5.11 Å². The van der Waals surface area contributed by atoms with Gasteiger partial charge < -0.3 is 10.4 Å². The van der Waals surface area contributed by atoms with E-state index in [-0.39, 0.29) is 12.5 Å². The summed E-state index contributed by atoms with van der Waals surface area (Å²) in [6.07, 6.45) is 1.75. The Kier molecular flexibility index (Phi) is 3.60. The van der Waals surface area contributed by atoms with E-state index >= 15 is 0 Å². The minimum Gasteiger partial charge on any atom is -0.481 e. The van der Waals surface area contributed by atoms with E-state index in [1.54, 1.807) is 13.1 Å². The summed E-state index contributed by atoms with van der Waals surface area (Å²) in [6.45, 7) is 5.49. The van der Waals surface area contributed by atoms with Crippen molar-refractivity contribution in [2.24, 2.45) is 0 Å². The van der Waals surface area contributed by atoms with Gasteiger partial charge in [-0.15, -0.1) is 0 Å². The number of nitrogens with one attached hydrogen (secondary N) is 1. The smallest absolute Gasteiger partial charge is 0.305 e. The Morgan fingerprint density at radius 1 is 1.60 bits per heavy atom. The van der Waals surface area contributed by atoms with Crippen molar-refractivity contribution >= 4 is 11.8 Å². The van der Waals surface area contributed by atoms with Gasteiger partial charge in [0.15, 0.2) is 0 Å². The fourth-order valence-electron chi connectivity index (χ4n) is 1.22. The molecule has 0 amide bonds. The van der Waals surface area contributed by atoms with E-state index < -0.39 is 5.97 Å². The van der Waals surface area contributed by atoms with Gasteiger partial charge in [-0.2, -0.15) is 0 Å². The number of carbonyl (C=O) groups is 1. The maximum Gasteiger partial charge on any atom is 0.305 e. The Hall–Kier alpha value is -1.65.